The second kappa shape index (κ2) is 21.8. The van der Waals surface area contributed by atoms with Crippen molar-refractivity contribution in [3.8, 4) is 0 Å². The van der Waals surface area contributed by atoms with Crippen molar-refractivity contribution < 1.29 is 52.3 Å². The molecule has 0 aromatic rings. The lowest BCUT2D eigenvalue weighted by molar-refractivity contribution is -0.137. The molecule has 1 aliphatic heterocycles. The second-order valence-corrected chi connectivity index (χ2v) is 8.88. The van der Waals surface area contributed by atoms with E-state index in [1.165, 1.54) is 12.2 Å². The molecular weight excluding hydrogens is 504 g/mol. The van der Waals surface area contributed by atoms with Crippen molar-refractivity contribution in [3.63, 3.8) is 0 Å². The molecule has 0 radical (unpaired) electrons. The summed E-state index contributed by atoms with van der Waals surface area (Å²) in [5, 5.41) is 2.62. The summed E-state index contributed by atoms with van der Waals surface area (Å²) in [5.74, 6) is -0.618. The number of hydrogen-bond acceptors (Lipinski definition) is 11. The highest BCUT2D eigenvalue weighted by Crippen LogP contribution is 2.06. The maximum Gasteiger partial charge on any atom is 0.407 e. The van der Waals surface area contributed by atoms with Crippen LogP contribution in [0.4, 0.5) is 4.79 Å². The van der Waals surface area contributed by atoms with Crippen LogP contribution in [0.15, 0.2) is 12.2 Å². The largest absolute Gasteiger partial charge is 0.444 e. The number of imide groups is 1. The minimum Gasteiger partial charge on any atom is -0.444 e. The number of carbonyl (C=O) groups excluding carboxylic acids is 3. The number of alkyl carbamates (subject to hydrolysis) is 1. The summed E-state index contributed by atoms with van der Waals surface area (Å²) in [5.41, 5.74) is -0.515. The Bertz CT molecular complexity index is 665. The molecule has 0 saturated heterocycles. The van der Waals surface area contributed by atoms with E-state index in [1.807, 2.05) is 20.8 Å². The molecule has 0 saturated carbocycles. The number of nitrogens with zero attached hydrogens (tertiary/aromatic N) is 1. The zero-order valence-corrected chi connectivity index (χ0v) is 22.9. The Morgan fingerprint density at radius 1 is 0.632 bits per heavy atom. The third kappa shape index (κ3) is 19.9. The predicted molar refractivity (Wildman–Crippen MR) is 136 cm³/mol. The zero-order valence-electron chi connectivity index (χ0n) is 22.9. The van der Waals surface area contributed by atoms with E-state index >= 15 is 0 Å². The van der Waals surface area contributed by atoms with Gasteiger partial charge in [0.2, 0.25) is 0 Å². The molecular formula is C25H44N2O11. The molecule has 13 heteroatoms. The molecule has 1 N–H and O–H groups in total. The average Bonchev–Trinajstić information content (AvgIpc) is 3.17. The third-order valence-electron chi connectivity index (χ3n) is 4.51. The summed E-state index contributed by atoms with van der Waals surface area (Å²) in [7, 11) is 0. The molecule has 0 bridgehead atoms. The highest BCUT2D eigenvalue weighted by Gasteiger charge is 2.22. The Morgan fingerprint density at radius 2 is 0.974 bits per heavy atom. The van der Waals surface area contributed by atoms with Crippen molar-refractivity contribution in [2.75, 3.05) is 106 Å². The molecule has 1 heterocycles. The number of amides is 3. The summed E-state index contributed by atoms with van der Waals surface area (Å²) in [6.07, 6.45) is 2.04. The quantitative estimate of drug-likeness (QED) is 0.134. The minimum atomic E-state index is -0.515. The summed E-state index contributed by atoms with van der Waals surface area (Å²) < 4.78 is 42.9. The van der Waals surface area contributed by atoms with Crippen molar-refractivity contribution in [1.82, 2.24) is 10.2 Å². The SMILES string of the molecule is CC(C)(C)OC(=O)NCCOCCOCCOCCOCCOCCOCCOCCN1C(=O)C=CC1=O. The van der Waals surface area contributed by atoms with Gasteiger partial charge in [0.05, 0.1) is 99.0 Å². The van der Waals surface area contributed by atoms with Gasteiger partial charge in [0.1, 0.15) is 5.60 Å². The van der Waals surface area contributed by atoms with Gasteiger partial charge in [-0.1, -0.05) is 0 Å². The number of ether oxygens (including phenoxy) is 8. The van der Waals surface area contributed by atoms with Crippen LogP contribution in [-0.2, 0) is 47.5 Å². The lowest BCUT2D eigenvalue weighted by Crippen LogP contribution is -2.34. The number of rotatable bonds is 24. The van der Waals surface area contributed by atoms with E-state index < -0.39 is 11.7 Å². The van der Waals surface area contributed by atoms with E-state index in [4.69, 9.17) is 37.9 Å². The Kier molecular flexibility index (Phi) is 19.4. The van der Waals surface area contributed by atoms with Gasteiger partial charge in [-0.15, -0.1) is 0 Å². The predicted octanol–water partition coefficient (Wildman–Crippen LogP) is 0.552. The first-order valence-electron chi connectivity index (χ1n) is 12.8. The highest BCUT2D eigenvalue weighted by molar-refractivity contribution is 6.12. The normalized spacial score (nSPS) is 13.5. The van der Waals surface area contributed by atoms with Crippen LogP contribution in [-0.4, -0.2) is 134 Å². The fourth-order valence-electron chi connectivity index (χ4n) is 2.77. The fourth-order valence-corrected chi connectivity index (χ4v) is 2.77. The molecule has 0 unspecified atom stereocenters. The van der Waals surface area contributed by atoms with E-state index in [1.54, 1.807) is 0 Å². The van der Waals surface area contributed by atoms with Crippen LogP contribution in [0, 0.1) is 0 Å². The van der Waals surface area contributed by atoms with E-state index in [0.29, 0.717) is 92.4 Å². The number of carbonyl (C=O) groups is 3. The van der Waals surface area contributed by atoms with Crippen molar-refractivity contribution in [2.24, 2.45) is 0 Å². The monoisotopic (exact) mass is 548 g/mol. The molecule has 1 rings (SSSR count). The smallest absolute Gasteiger partial charge is 0.407 e. The van der Waals surface area contributed by atoms with Crippen molar-refractivity contribution >= 4 is 17.9 Å². The number of hydrogen-bond donors (Lipinski definition) is 1. The molecule has 38 heavy (non-hydrogen) atoms. The van der Waals surface area contributed by atoms with Gasteiger partial charge in [0.25, 0.3) is 11.8 Å². The van der Waals surface area contributed by atoms with Crippen LogP contribution in [0.2, 0.25) is 0 Å². The van der Waals surface area contributed by atoms with Gasteiger partial charge < -0.3 is 43.2 Å². The third-order valence-corrected chi connectivity index (χ3v) is 4.51. The van der Waals surface area contributed by atoms with E-state index in [9.17, 15) is 14.4 Å². The van der Waals surface area contributed by atoms with E-state index in [0.717, 1.165) is 4.90 Å². The van der Waals surface area contributed by atoms with Gasteiger partial charge in [-0.2, -0.15) is 0 Å². The van der Waals surface area contributed by atoms with Gasteiger partial charge >= 0.3 is 6.09 Å². The molecule has 0 aromatic heterocycles. The standard InChI is InChI=1S/C25H44N2O11/c1-25(2,3)38-24(30)26-6-8-31-10-12-33-14-16-35-18-20-37-21-19-36-17-15-34-13-11-32-9-7-27-22(28)4-5-23(27)29/h4-5H,6-21H2,1-3H3,(H,26,30). The molecule has 0 atom stereocenters. The van der Waals surface area contributed by atoms with Gasteiger partial charge in [-0.3, -0.25) is 14.5 Å². The van der Waals surface area contributed by atoms with E-state index in [2.05, 4.69) is 5.32 Å². The van der Waals surface area contributed by atoms with Crippen LogP contribution < -0.4 is 5.32 Å². The topological polar surface area (TPSA) is 140 Å². The van der Waals surface area contributed by atoms with Gasteiger partial charge in [0.15, 0.2) is 0 Å². The lowest BCUT2D eigenvalue weighted by atomic mass is 10.2. The van der Waals surface area contributed by atoms with Crippen LogP contribution in [0.25, 0.3) is 0 Å². The first-order valence-corrected chi connectivity index (χ1v) is 12.8. The Morgan fingerprint density at radius 3 is 1.34 bits per heavy atom. The van der Waals surface area contributed by atoms with Crippen LogP contribution >= 0.6 is 0 Å². The first-order chi connectivity index (χ1) is 18.3. The summed E-state index contributed by atoms with van der Waals surface area (Å²) in [4.78, 5) is 35.3. The second-order valence-electron chi connectivity index (χ2n) is 8.88. The van der Waals surface area contributed by atoms with Crippen LogP contribution in [0.5, 0.6) is 0 Å². The molecule has 0 spiro atoms. The van der Waals surface area contributed by atoms with E-state index in [-0.39, 0.29) is 25.0 Å². The number of nitrogens with one attached hydrogen (secondary N) is 1. The van der Waals surface area contributed by atoms with Crippen molar-refractivity contribution in [3.05, 3.63) is 12.2 Å². The fraction of sp³-hybridized carbons (Fsp3) is 0.800. The molecule has 1 aliphatic rings. The van der Waals surface area contributed by atoms with Crippen LogP contribution in [0.1, 0.15) is 20.8 Å². The molecule has 0 aromatic carbocycles. The average molecular weight is 549 g/mol. The molecule has 3 amide bonds. The van der Waals surface area contributed by atoms with Crippen molar-refractivity contribution in [1.29, 1.82) is 0 Å². The summed E-state index contributed by atoms with van der Waals surface area (Å²) in [6.45, 7) is 12.0. The van der Waals surface area contributed by atoms with Gasteiger partial charge in [-0.05, 0) is 20.8 Å². The molecule has 13 nitrogen and oxygen atoms in total. The summed E-state index contributed by atoms with van der Waals surface area (Å²) in [6, 6.07) is 0. The van der Waals surface area contributed by atoms with Crippen molar-refractivity contribution in [2.45, 2.75) is 26.4 Å². The molecule has 0 aliphatic carbocycles. The zero-order chi connectivity index (χ0) is 27.9. The lowest BCUT2D eigenvalue weighted by Gasteiger charge is -2.19. The van der Waals surface area contributed by atoms with Gasteiger partial charge in [-0.25, -0.2) is 4.79 Å². The van der Waals surface area contributed by atoms with Crippen LogP contribution in [0.3, 0.4) is 0 Å². The maximum absolute atomic E-state index is 11.5. The van der Waals surface area contributed by atoms with Gasteiger partial charge in [0, 0.05) is 18.7 Å². The Labute approximate surface area is 225 Å². The summed E-state index contributed by atoms with van der Waals surface area (Å²) >= 11 is 0. The molecule has 0 fully saturated rings. The molecule has 220 valence electrons. The minimum absolute atomic E-state index is 0.237. The Balaban J connectivity index is 1.69. The highest BCUT2D eigenvalue weighted by atomic mass is 16.6. The maximum atomic E-state index is 11.5. The Hall–Kier alpha value is -2.13. The first kappa shape index (κ1) is 33.9.